The molecular formula is C15H20N2O. The van der Waals surface area contributed by atoms with Crippen molar-refractivity contribution in [2.75, 3.05) is 6.54 Å². The minimum Gasteiger partial charge on any atom is -0.347 e. The van der Waals surface area contributed by atoms with E-state index in [1.54, 1.807) is 12.1 Å². The lowest BCUT2D eigenvalue weighted by atomic mass is 10.0. The van der Waals surface area contributed by atoms with Gasteiger partial charge in [0.1, 0.15) is 0 Å². The normalized spacial score (nSPS) is 10.4. The van der Waals surface area contributed by atoms with Crippen LogP contribution in [0, 0.1) is 11.8 Å². The molecule has 3 N–H and O–H groups in total. The van der Waals surface area contributed by atoms with E-state index in [4.69, 9.17) is 5.73 Å². The van der Waals surface area contributed by atoms with Crippen LogP contribution in [-0.2, 0) is 0 Å². The van der Waals surface area contributed by atoms with Crippen molar-refractivity contribution in [2.45, 2.75) is 32.7 Å². The highest BCUT2D eigenvalue weighted by molar-refractivity contribution is 5.95. The molecule has 0 fully saturated rings. The van der Waals surface area contributed by atoms with Crippen LogP contribution >= 0.6 is 0 Å². The number of amides is 1. The summed E-state index contributed by atoms with van der Waals surface area (Å²) in [5.41, 5.74) is 6.56. The van der Waals surface area contributed by atoms with Crippen LogP contribution in [0.3, 0.4) is 0 Å². The number of nitrogens with two attached hydrogens (primary N) is 1. The molecule has 0 aliphatic heterocycles. The van der Waals surface area contributed by atoms with Gasteiger partial charge in [0.15, 0.2) is 0 Å². The van der Waals surface area contributed by atoms with Crippen LogP contribution < -0.4 is 11.1 Å². The second-order valence-corrected chi connectivity index (χ2v) is 4.78. The van der Waals surface area contributed by atoms with Gasteiger partial charge in [0.05, 0.1) is 6.54 Å². The highest BCUT2D eigenvalue weighted by Gasteiger charge is 2.18. The van der Waals surface area contributed by atoms with Gasteiger partial charge in [0, 0.05) is 16.7 Å². The molecule has 0 unspecified atom stereocenters. The molecule has 0 heterocycles. The molecule has 1 amide bonds. The van der Waals surface area contributed by atoms with Crippen LogP contribution in [-0.4, -0.2) is 18.0 Å². The Morgan fingerprint density at radius 1 is 1.44 bits per heavy atom. The van der Waals surface area contributed by atoms with Gasteiger partial charge in [-0.15, -0.1) is 0 Å². The SMILES string of the molecule is CCC(C)(C)NC(=O)c1cccc(C#CCN)c1. The number of hydrogen-bond acceptors (Lipinski definition) is 2. The third-order valence-electron chi connectivity index (χ3n) is 2.80. The molecule has 1 aromatic carbocycles. The minimum absolute atomic E-state index is 0.0711. The highest BCUT2D eigenvalue weighted by atomic mass is 16.1. The molecule has 0 aliphatic rings. The number of carbonyl (C=O) groups excluding carboxylic acids is 1. The van der Waals surface area contributed by atoms with Crippen LogP contribution in [0.15, 0.2) is 24.3 Å². The lowest BCUT2D eigenvalue weighted by Crippen LogP contribution is -2.42. The zero-order chi connectivity index (χ0) is 13.6. The molecule has 0 radical (unpaired) electrons. The molecule has 1 rings (SSSR count). The average Bonchev–Trinajstić information content (AvgIpc) is 2.36. The summed E-state index contributed by atoms with van der Waals surface area (Å²) in [6.45, 7) is 6.37. The second kappa shape index (κ2) is 6.23. The largest absolute Gasteiger partial charge is 0.347 e. The van der Waals surface area contributed by atoms with Gasteiger partial charge < -0.3 is 11.1 Å². The molecule has 3 nitrogen and oxygen atoms in total. The number of carbonyl (C=O) groups is 1. The van der Waals surface area contributed by atoms with Gasteiger partial charge in [-0.1, -0.05) is 24.8 Å². The molecule has 0 spiro atoms. The zero-order valence-electron chi connectivity index (χ0n) is 11.2. The quantitative estimate of drug-likeness (QED) is 0.798. The first-order valence-corrected chi connectivity index (χ1v) is 6.10. The first kappa shape index (κ1) is 14.3. The Balaban J connectivity index is 2.87. The fourth-order valence-electron chi connectivity index (χ4n) is 1.36. The van der Waals surface area contributed by atoms with Crippen molar-refractivity contribution < 1.29 is 4.79 Å². The molecule has 18 heavy (non-hydrogen) atoms. The van der Waals surface area contributed by atoms with Gasteiger partial charge in [-0.25, -0.2) is 0 Å². The van der Waals surface area contributed by atoms with Crippen molar-refractivity contribution >= 4 is 5.91 Å². The first-order chi connectivity index (χ1) is 8.48. The van der Waals surface area contributed by atoms with Gasteiger partial charge in [-0.3, -0.25) is 4.79 Å². The Hall–Kier alpha value is -1.79. The average molecular weight is 244 g/mol. The Kier molecular flexibility index (Phi) is 4.94. The lowest BCUT2D eigenvalue weighted by molar-refractivity contribution is 0.0911. The summed E-state index contributed by atoms with van der Waals surface area (Å²) in [6, 6.07) is 7.26. The van der Waals surface area contributed by atoms with Gasteiger partial charge in [-0.2, -0.15) is 0 Å². The Labute approximate surface area is 109 Å². The molecule has 0 bridgehead atoms. The third kappa shape index (κ3) is 4.23. The molecule has 3 heteroatoms. The van der Waals surface area contributed by atoms with E-state index < -0.39 is 0 Å². The Bertz CT molecular complexity index is 481. The van der Waals surface area contributed by atoms with E-state index >= 15 is 0 Å². The van der Waals surface area contributed by atoms with E-state index in [1.807, 2.05) is 32.9 Å². The van der Waals surface area contributed by atoms with E-state index in [9.17, 15) is 4.79 Å². The molecule has 0 atom stereocenters. The lowest BCUT2D eigenvalue weighted by Gasteiger charge is -2.24. The zero-order valence-corrected chi connectivity index (χ0v) is 11.2. The minimum atomic E-state index is -0.198. The molecule has 0 saturated carbocycles. The highest BCUT2D eigenvalue weighted by Crippen LogP contribution is 2.10. The third-order valence-corrected chi connectivity index (χ3v) is 2.80. The standard InChI is InChI=1S/C15H20N2O/c1-4-15(2,3)17-14(18)13-9-5-7-12(11-13)8-6-10-16/h5,7,9,11H,4,10,16H2,1-3H3,(H,17,18). The van der Waals surface area contributed by atoms with Crippen molar-refractivity contribution in [3.63, 3.8) is 0 Å². The van der Waals surface area contributed by atoms with E-state index in [2.05, 4.69) is 17.2 Å². The maximum atomic E-state index is 12.1. The van der Waals surface area contributed by atoms with Gasteiger partial charge in [0.25, 0.3) is 5.91 Å². The second-order valence-electron chi connectivity index (χ2n) is 4.78. The topological polar surface area (TPSA) is 55.1 Å². The smallest absolute Gasteiger partial charge is 0.251 e. The predicted octanol–water partition coefficient (Wildman–Crippen LogP) is 1.92. The van der Waals surface area contributed by atoms with E-state index in [0.29, 0.717) is 12.1 Å². The van der Waals surface area contributed by atoms with Crippen LogP contribution in [0.5, 0.6) is 0 Å². The molecule has 0 aliphatic carbocycles. The summed E-state index contributed by atoms with van der Waals surface area (Å²) in [5, 5.41) is 2.99. The Morgan fingerprint density at radius 3 is 2.78 bits per heavy atom. The van der Waals surface area contributed by atoms with Crippen LogP contribution in [0.25, 0.3) is 0 Å². The number of hydrogen-bond donors (Lipinski definition) is 2. The maximum Gasteiger partial charge on any atom is 0.251 e. The fraction of sp³-hybridized carbons (Fsp3) is 0.400. The summed E-state index contributed by atoms with van der Waals surface area (Å²) in [7, 11) is 0. The van der Waals surface area contributed by atoms with Crippen molar-refractivity contribution in [2.24, 2.45) is 5.73 Å². The predicted molar refractivity (Wildman–Crippen MR) is 74.2 cm³/mol. The van der Waals surface area contributed by atoms with Crippen LogP contribution in [0.2, 0.25) is 0 Å². The fourth-order valence-corrected chi connectivity index (χ4v) is 1.36. The maximum absolute atomic E-state index is 12.1. The van der Waals surface area contributed by atoms with Crippen molar-refractivity contribution in [3.05, 3.63) is 35.4 Å². The molecule has 0 saturated heterocycles. The first-order valence-electron chi connectivity index (χ1n) is 6.10. The molecular weight excluding hydrogens is 224 g/mol. The van der Waals surface area contributed by atoms with Gasteiger partial charge >= 0.3 is 0 Å². The molecule has 0 aromatic heterocycles. The Morgan fingerprint density at radius 2 is 2.17 bits per heavy atom. The van der Waals surface area contributed by atoms with Crippen molar-refractivity contribution in [1.82, 2.24) is 5.32 Å². The number of nitrogens with one attached hydrogen (secondary N) is 1. The van der Waals surface area contributed by atoms with E-state index in [0.717, 1.165) is 12.0 Å². The summed E-state index contributed by atoms with van der Waals surface area (Å²) < 4.78 is 0. The van der Waals surface area contributed by atoms with Crippen molar-refractivity contribution in [1.29, 1.82) is 0 Å². The molecule has 1 aromatic rings. The molecule has 96 valence electrons. The summed E-state index contributed by atoms with van der Waals surface area (Å²) in [4.78, 5) is 12.1. The summed E-state index contributed by atoms with van der Waals surface area (Å²) in [6.07, 6.45) is 0.880. The van der Waals surface area contributed by atoms with Gasteiger partial charge in [-0.05, 0) is 38.5 Å². The van der Waals surface area contributed by atoms with E-state index in [-0.39, 0.29) is 11.4 Å². The number of rotatable bonds is 3. The van der Waals surface area contributed by atoms with Crippen molar-refractivity contribution in [3.8, 4) is 11.8 Å². The van der Waals surface area contributed by atoms with Crippen LogP contribution in [0.1, 0.15) is 43.1 Å². The van der Waals surface area contributed by atoms with Gasteiger partial charge in [0.2, 0.25) is 0 Å². The van der Waals surface area contributed by atoms with E-state index in [1.165, 1.54) is 0 Å². The monoisotopic (exact) mass is 244 g/mol. The van der Waals surface area contributed by atoms with Crippen LogP contribution in [0.4, 0.5) is 0 Å². The summed E-state index contributed by atoms with van der Waals surface area (Å²) in [5.74, 6) is 5.63. The number of benzene rings is 1. The summed E-state index contributed by atoms with van der Waals surface area (Å²) >= 11 is 0.